The van der Waals surface area contributed by atoms with E-state index in [1.54, 1.807) is 13.2 Å². The van der Waals surface area contributed by atoms with Crippen molar-refractivity contribution in [3.05, 3.63) is 30.1 Å². The fourth-order valence-corrected chi connectivity index (χ4v) is 1.38. The van der Waals surface area contributed by atoms with Gasteiger partial charge in [0.25, 0.3) is 0 Å². The molecule has 0 aliphatic carbocycles. The lowest BCUT2D eigenvalue weighted by Crippen LogP contribution is -2.41. The third-order valence-corrected chi connectivity index (χ3v) is 2.27. The Balaban J connectivity index is 2.56. The normalized spacial score (nSPS) is 14.3. The zero-order valence-electron chi connectivity index (χ0n) is 9.32. The van der Waals surface area contributed by atoms with Crippen molar-refractivity contribution in [2.24, 2.45) is 0 Å². The van der Waals surface area contributed by atoms with Crippen LogP contribution in [0.1, 0.15) is 25.6 Å². The number of carbonyl (C=O) groups is 1. The lowest BCUT2D eigenvalue weighted by Gasteiger charge is -2.18. The highest BCUT2D eigenvalue weighted by atomic mass is 16.2. The van der Waals surface area contributed by atoms with Gasteiger partial charge in [-0.15, -0.1) is 0 Å². The molecule has 4 heteroatoms. The van der Waals surface area contributed by atoms with Crippen LogP contribution in [-0.2, 0) is 4.79 Å². The number of hydrogen-bond donors (Lipinski definition) is 2. The smallest absolute Gasteiger partial charge is 0.236 e. The van der Waals surface area contributed by atoms with Crippen LogP contribution in [0, 0.1) is 0 Å². The SMILES string of the molecule is CNC(=O)C(C)NC(C)c1ccccn1. The monoisotopic (exact) mass is 207 g/mol. The van der Waals surface area contributed by atoms with Gasteiger partial charge < -0.3 is 5.32 Å². The number of nitrogens with zero attached hydrogens (tertiary/aromatic N) is 1. The molecule has 0 saturated carbocycles. The maximum atomic E-state index is 11.3. The van der Waals surface area contributed by atoms with Gasteiger partial charge in [0.15, 0.2) is 0 Å². The first-order valence-electron chi connectivity index (χ1n) is 5.03. The predicted molar refractivity (Wildman–Crippen MR) is 59.3 cm³/mol. The Hall–Kier alpha value is -1.42. The number of nitrogens with one attached hydrogen (secondary N) is 2. The first kappa shape index (κ1) is 11.7. The first-order valence-corrected chi connectivity index (χ1v) is 5.03. The molecule has 0 fully saturated rings. The number of amides is 1. The summed E-state index contributed by atoms with van der Waals surface area (Å²) in [6, 6.07) is 5.60. The second-order valence-corrected chi connectivity index (χ2v) is 3.48. The average molecular weight is 207 g/mol. The summed E-state index contributed by atoms with van der Waals surface area (Å²) in [6.45, 7) is 3.82. The molecule has 82 valence electrons. The molecular weight excluding hydrogens is 190 g/mol. The Labute approximate surface area is 90.1 Å². The van der Waals surface area contributed by atoms with Gasteiger partial charge in [0.05, 0.1) is 11.7 Å². The van der Waals surface area contributed by atoms with E-state index in [9.17, 15) is 4.79 Å². The molecule has 2 N–H and O–H groups in total. The molecule has 0 aliphatic heterocycles. The number of hydrogen-bond acceptors (Lipinski definition) is 3. The van der Waals surface area contributed by atoms with E-state index in [1.165, 1.54) is 0 Å². The lowest BCUT2D eigenvalue weighted by atomic mass is 10.2. The number of pyridine rings is 1. The van der Waals surface area contributed by atoms with Crippen molar-refractivity contribution in [3.8, 4) is 0 Å². The molecule has 1 amide bonds. The van der Waals surface area contributed by atoms with E-state index in [2.05, 4.69) is 15.6 Å². The Morgan fingerprint density at radius 3 is 2.67 bits per heavy atom. The van der Waals surface area contributed by atoms with E-state index in [4.69, 9.17) is 0 Å². The van der Waals surface area contributed by atoms with Crippen LogP contribution in [0.3, 0.4) is 0 Å². The Bertz CT molecular complexity index is 313. The second-order valence-electron chi connectivity index (χ2n) is 3.48. The minimum Gasteiger partial charge on any atom is -0.358 e. The van der Waals surface area contributed by atoms with Gasteiger partial charge in [-0.2, -0.15) is 0 Å². The van der Waals surface area contributed by atoms with Gasteiger partial charge in [0.1, 0.15) is 0 Å². The minimum atomic E-state index is -0.216. The van der Waals surface area contributed by atoms with Crippen molar-refractivity contribution in [1.29, 1.82) is 0 Å². The molecule has 0 aliphatic rings. The summed E-state index contributed by atoms with van der Waals surface area (Å²) < 4.78 is 0. The van der Waals surface area contributed by atoms with E-state index in [1.807, 2.05) is 32.0 Å². The number of likely N-dealkylation sites (N-methyl/N-ethyl adjacent to an activating group) is 1. The molecule has 15 heavy (non-hydrogen) atoms. The van der Waals surface area contributed by atoms with Crippen LogP contribution in [-0.4, -0.2) is 24.0 Å². The summed E-state index contributed by atoms with van der Waals surface area (Å²) in [5, 5.41) is 5.77. The molecule has 0 radical (unpaired) electrons. The highest BCUT2D eigenvalue weighted by molar-refractivity contribution is 5.80. The molecule has 0 spiro atoms. The summed E-state index contributed by atoms with van der Waals surface area (Å²) in [6.07, 6.45) is 1.75. The van der Waals surface area contributed by atoms with E-state index >= 15 is 0 Å². The van der Waals surface area contributed by atoms with Gasteiger partial charge in [0.2, 0.25) is 5.91 Å². The van der Waals surface area contributed by atoms with E-state index in [0.717, 1.165) is 5.69 Å². The van der Waals surface area contributed by atoms with Gasteiger partial charge in [-0.1, -0.05) is 6.07 Å². The third-order valence-electron chi connectivity index (χ3n) is 2.27. The predicted octanol–water partition coefficient (Wildman–Crippen LogP) is 0.867. The quantitative estimate of drug-likeness (QED) is 0.770. The Morgan fingerprint density at radius 1 is 1.40 bits per heavy atom. The lowest BCUT2D eigenvalue weighted by molar-refractivity contribution is -0.122. The molecule has 2 unspecified atom stereocenters. The molecule has 1 rings (SSSR count). The van der Waals surface area contributed by atoms with Gasteiger partial charge in [0, 0.05) is 19.3 Å². The second kappa shape index (κ2) is 5.46. The van der Waals surface area contributed by atoms with Crippen LogP contribution < -0.4 is 10.6 Å². The standard InChI is InChI=1S/C11H17N3O/c1-8(10-6-4-5-7-13-10)14-9(2)11(15)12-3/h4-9,14H,1-3H3,(H,12,15). The number of rotatable bonds is 4. The molecule has 1 aromatic rings. The molecule has 0 saturated heterocycles. The topological polar surface area (TPSA) is 54.0 Å². The summed E-state index contributed by atoms with van der Waals surface area (Å²) in [5.41, 5.74) is 0.938. The van der Waals surface area contributed by atoms with Crippen molar-refractivity contribution >= 4 is 5.91 Å². The van der Waals surface area contributed by atoms with Crippen LogP contribution in [0.5, 0.6) is 0 Å². The summed E-state index contributed by atoms with van der Waals surface area (Å²) in [5.74, 6) is -0.0159. The first-order chi connectivity index (χ1) is 7.15. The maximum absolute atomic E-state index is 11.3. The fourth-order valence-electron chi connectivity index (χ4n) is 1.38. The summed E-state index contributed by atoms with van der Waals surface area (Å²) >= 11 is 0. The molecule has 2 atom stereocenters. The van der Waals surface area contributed by atoms with Crippen LogP contribution in [0.2, 0.25) is 0 Å². The summed E-state index contributed by atoms with van der Waals surface area (Å²) in [7, 11) is 1.63. The van der Waals surface area contributed by atoms with Gasteiger partial charge >= 0.3 is 0 Å². The fraction of sp³-hybridized carbons (Fsp3) is 0.455. The molecule has 1 heterocycles. The maximum Gasteiger partial charge on any atom is 0.236 e. The van der Waals surface area contributed by atoms with Crippen LogP contribution in [0.15, 0.2) is 24.4 Å². The molecule has 0 bridgehead atoms. The molecule has 4 nitrogen and oxygen atoms in total. The van der Waals surface area contributed by atoms with Gasteiger partial charge in [-0.3, -0.25) is 15.1 Å². The Kier molecular flexibility index (Phi) is 4.24. The minimum absolute atomic E-state index is 0.0159. The van der Waals surface area contributed by atoms with E-state index in [-0.39, 0.29) is 18.0 Å². The van der Waals surface area contributed by atoms with E-state index < -0.39 is 0 Å². The van der Waals surface area contributed by atoms with Gasteiger partial charge in [-0.25, -0.2) is 0 Å². The van der Waals surface area contributed by atoms with Gasteiger partial charge in [-0.05, 0) is 26.0 Å². The van der Waals surface area contributed by atoms with Crippen LogP contribution >= 0.6 is 0 Å². The molecule has 0 aromatic carbocycles. The molecular formula is C11H17N3O. The zero-order chi connectivity index (χ0) is 11.3. The summed E-state index contributed by atoms with van der Waals surface area (Å²) in [4.78, 5) is 15.5. The number of carbonyl (C=O) groups excluding carboxylic acids is 1. The Morgan fingerprint density at radius 2 is 2.13 bits per heavy atom. The average Bonchev–Trinajstić information content (AvgIpc) is 2.29. The van der Waals surface area contributed by atoms with Crippen molar-refractivity contribution < 1.29 is 4.79 Å². The zero-order valence-corrected chi connectivity index (χ0v) is 9.32. The van der Waals surface area contributed by atoms with Crippen molar-refractivity contribution in [2.45, 2.75) is 25.9 Å². The van der Waals surface area contributed by atoms with Crippen LogP contribution in [0.4, 0.5) is 0 Å². The largest absolute Gasteiger partial charge is 0.358 e. The van der Waals surface area contributed by atoms with Crippen molar-refractivity contribution in [1.82, 2.24) is 15.6 Å². The van der Waals surface area contributed by atoms with Crippen LogP contribution in [0.25, 0.3) is 0 Å². The van der Waals surface area contributed by atoms with Crippen molar-refractivity contribution in [2.75, 3.05) is 7.05 Å². The van der Waals surface area contributed by atoms with E-state index in [0.29, 0.717) is 0 Å². The van der Waals surface area contributed by atoms with Crippen molar-refractivity contribution in [3.63, 3.8) is 0 Å². The number of aromatic nitrogens is 1. The highest BCUT2D eigenvalue weighted by Crippen LogP contribution is 2.08. The third kappa shape index (κ3) is 3.32. The highest BCUT2D eigenvalue weighted by Gasteiger charge is 2.14. The molecule has 1 aromatic heterocycles.